The summed E-state index contributed by atoms with van der Waals surface area (Å²) < 4.78 is 6.46. The fraction of sp³-hybridized carbons (Fsp3) is 0.500. The molecule has 1 fully saturated rings. The normalized spacial score (nSPS) is 18.9. The third kappa shape index (κ3) is 3.20. The van der Waals surface area contributed by atoms with Gasteiger partial charge in [0.05, 0.1) is 0 Å². The fourth-order valence-corrected chi connectivity index (χ4v) is 2.62. The molecule has 16 heavy (non-hydrogen) atoms. The van der Waals surface area contributed by atoms with E-state index in [2.05, 4.69) is 28.1 Å². The summed E-state index contributed by atoms with van der Waals surface area (Å²) in [4.78, 5) is 0. The minimum Gasteiger partial charge on any atom is -0.381 e. The fourth-order valence-electron chi connectivity index (χ4n) is 2.07. The molecule has 90 valence electrons. The van der Waals surface area contributed by atoms with E-state index in [1.54, 1.807) is 0 Å². The van der Waals surface area contributed by atoms with Crippen LogP contribution in [0.1, 0.15) is 24.4 Å². The van der Waals surface area contributed by atoms with Gasteiger partial charge in [0.25, 0.3) is 0 Å². The largest absolute Gasteiger partial charge is 0.381 e. The SMILES string of the molecule is Cl.N[C@@H](c1ccccc1Br)C1CCOCC1. The van der Waals surface area contributed by atoms with Crippen molar-refractivity contribution in [3.8, 4) is 0 Å². The van der Waals surface area contributed by atoms with E-state index < -0.39 is 0 Å². The van der Waals surface area contributed by atoms with Crippen molar-refractivity contribution in [2.45, 2.75) is 18.9 Å². The molecular weight excluding hydrogens is 289 g/mol. The topological polar surface area (TPSA) is 35.2 Å². The molecule has 4 heteroatoms. The smallest absolute Gasteiger partial charge is 0.0469 e. The average Bonchev–Trinajstić information content (AvgIpc) is 2.30. The molecular formula is C12H17BrClNO. The maximum absolute atomic E-state index is 6.28. The molecule has 1 aliphatic heterocycles. The van der Waals surface area contributed by atoms with E-state index in [1.807, 2.05) is 12.1 Å². The lowest BCUT2D eigenvalue weighted by molar-refractivity contribution is 0.0583. The van der Waals surface area contributed by atoms with Crippen LogP contribution < -0.4 is 5.73 Å². The minimum atomic E-state index is 0. The average molecular weight is 307 g/mol. The van der Waals surface area contributed by atoms with Gasteiger partial charge < -0.3 is 10.5 Å². The van der Waals surface area contributed by atoms with Gasteiger partial charge in [-0.1, -0.05) is 34.1 Å². The Hall–Kier alpha value is -0.0900. The summed E-state index contributed by atoms with van der Waals surface area (Å²) in [5.41, 5.74) is 7.50. The summed E-state index contributed by atoms with van der Waals surface area (Å²) in [6.07, 6.45) is 2.14. The van der Waals surface area contributed by atoms with Crippen molar-refractivity contribution in [3.63, 3.8) is 0 Å². The highest BCUT2D eigenvalue weighted by atomic mass is 79.9. The van der Waals surface area contributed by atoms with Crippen LogP contribution in [0.25, 0.3) is 0 Å². The molecule has 0 aliphatic carbocycles. The number of ether oxygens (including phenoxy) is 1. The second kappa shape index (κ2) is 6.60. The van der Waals surface area contributed by atoms with Crippen LogP contribution >= 0.6 is 28.3 Å². The molecule has 1 aliphatic rings. The van der Waals surface area contributed by atoms with E-state index in [-0.39, 0.29) is 18.4 Å². The molecule has 1 heterocycles. The molecule has 0 aromatic heterocycles. The first-order valence-electron chi connectivity index (χ1n) is 5.37. The quantitative estimate of drug-likeness (QED) is 0.910. The van der Waals surface area contributed by atoms with Gasteiger partial charge in [0.2, 0.25) is 0 Å². The predicted octanol–water partition coefficient (Wildman–Crippen LogP) is 3.30. The van der Waals surface area contributed by atoms with Crippen LogP contribution in [0.5, 0.6) is 0 Å². The summed E-state index contributed by atoms with van der Waals surface area (Å²) >= 11 is 3.55. The number of rotatable bonds is 2. The summed E-state index contributed by atoms with van der Waals surface area (Å²) in [6.45, 7) is 1.70. The Balaban J connectivity index is 0.00000128. The highest BCUT2D eigenvalue weighted by Gasteiger charge is 2.23. The molecule has 2 rings (SSSR count). The van der Waals surface area contributed by atoms with Crippen LogP contribution in [0.2, 0.25) is 0 Å². The Bertz CT molecular complexity index is 329. The number of benzene rings is 1. The van der Waals surface area contributed by atoms with E-state index in [0.29, 0.717) is 5.92 Å². The van der Waals surface area contributed by atoms with Gasteiger partial charge in [-0.3, -0.25) is 0 Å². The van der Waals surface area contributed by atoms with Crippen molar-refractivity contribution in [2.24, 2.45) is 11.7 Å². The van der Waals surface area contributed by atoms with Crippen molar-refractivity contribution in [1.82, 2.24) is 0 Å². The number of nitrogens with two attached hydrogens (primary N) is 1. The van der Waals surface area contributed by atoms with E-state index in [9.17, 15) is 0 Å². The first-order valence-corrected chi connectivity index (χ1v) is 6.16. The minimum absolute atomic E-state index is 0. The molecule has 1 aromatic carbocycles. The Morgan fingerprint density at radius 2 is 1.88 bits per heavy atom. The zero-order valence-corrected chi connectivity index (χ0v) is 11.5. The van der Waals surface area contributed by atoms with Crippen LogP contribution in [0.15, 0.2) is 28.7 Å². The Kier molecular flexibility index (Phi) is 5.76. The Morgan fingerprint density at radius 1 is 1.25 bits per heavy atom. The first-order chi connectivity index (χ1) is 7.29. The maximum Gasteiger partial charge on any atom is 0.0469 e. The lowest BCUT2D eigenvalue weighted by atomic mass is 9.88. The third-order valence-corrected chi connectivity index (χ3v) is 3.76. The monoisotopic (exact) mass is 305 g/mol. The van der Waals surface area contributed by atoms with Crippen LogP contribution in [-0.2, 0) is 4.74 Å². The maximum atomic E-state index is 6.28. The lowest BCUT2D eigenvalue weighted by Crippen LogP contribution is -2.27. The lowest BCUT2D eigenvalue weighted by Gasteiger charge is -2.28. The summed E-state index contributed by atoms with van der Waals surface area (Å²) in [6, 6.07) is 8.34. The molecule has 2 N–H and O–H groups in total. The van der Waals surface area contributed by atoms with Crippen LogP contribution in [0.4, 0.5) is 0 Å². The van der Waals surface area contributed by atoms with Gasteiger partial charge in [0.15, 0.2) is 0 Å². The molecule has 1 saturated heterocycles. The van der Waals surface area contributed by atoms with Crippen molar-refractivity contribution in [1.29, 1.82) is 0 Å². The zero-order valence-electron chi connectivity index (χ0n) is 9.06. The van der Waals surface area contributed by atoms with Gasteiger partial charge in [-0.15, -0.1) is 12.4 Å². The van der Waals surface area contributed by atoms with Crippen molar-refractivity contribution in [3.05, 3.63) is 34.3 Å². The Labute approximate surface area is 111 Å². The van der Waals surface area contributed by atoms with Gasteiger partial charge in [0, 0.05) is 23.7 Å². The molecule has 0 amide bonds. The number of hydrogen-bond acceptors (Lipinski definition) is 2. The summed E-state index contributed by atoms with van der Waals surface area (Å²) in [7, 11) is 0. The second-order valence-corrected chi connectivity index (χ2v) is 4.85. The molecule has 2 nitrogen and oxygen atoms in total. The van der Waals surface area contributed by atoms with Crippen molar-refractivity contribution < 1.29 is 4.74 Å². The third-order valence-electron chi connectivity index (χ3n) is 3.04. The van der Waals surface area contributed by atoms with Crippen molar-refractivity contribution in [2.75, 3.05) is 13.2 Å². The summed E-state index contributed by atoms with van der Waals surface area (Å²) in [5, 5.41) is 0. The molecule has 0 saturated carbocycles. The van der Waals surface area contributed by atoms with Gasteiger partial charge in [-0.25, -0.2) is 0 Å². The Morgan fingerprint density at radius 3 is 2.50 bits per heavy atom. The molecule has 0 unspecified atom stereocenters. The first kappa shape index (κ1) is 14.0. The van der Waals surface area contributed by atoms with Gasteiger partial charge in [-0.2, -0.15) is 0 Å². The van der Waals surface area contributed by atoms with Crippen LogP contribution in [0, 0.1) is 5.92 Å². The van der Waals surface area contributed by atoms with Crippen molar-refractivity contribution >= 4 is 28.3 Å². The van der Waals surface area contributed by atoms with E-state index >= 15 is 0 Å². The highest BCUT2D eigenvalue weighted by Crippen LogP contribution is 2.31. The summed E-state index contributed by atoms with van der Waals surface area (Å²) in [5.74, 6) is 0.553. The molecule has 0 radical (unpaired) electrons. The van der Waals surface area contributed by atoms with Crippen LogP contribution in [-0.4, -0.2) is 13.2 Å². The highest BCUT2D eigenvalue weighted by molar-refractivity contribution is 9.10. The molecule has 1 aromatic rings. The van der Waals surface area contributed by atoms with E-state index in [1.165, 1.54) is 5.56 Å². The van der Waals surface area contributed by atoms with Gasteiger partial charge in [-0.05, 0) is 30.4 Å². The van der Waals surface area contributed by atoms with Gasteiger partial charge >= 0.3 is 0 Å². The van der Waals surface area contributed by atoms with E-state index in [4.69, 9.17) is 10.5 Å². The van der Waals surface area contributed by atoms with Gasteiger partial charge in [0.1, 0.15) is 0 Å². The molecule has 0 bridgehead atoms. The second-order valence-electron chi connectivity index (χ2n) is 4.00. The number of hydrogen-bond donors (Lipinski definition) is 1. The van der Waals surface area contributed by atoms with Crippen LogP contribution in [0.3, 0.4) is 0 Å². The zero-order chi connectivity index (χ0) is 10.7. The molecule has 1 atom stereocenters. The van der Waals surface area contributed by atoms with E-state index in [0.717, 1.165) is 30.5 Å². The number of halogens is 2. The standard InChI is InChI=1S/C12H16BrNO.ClH/c13-11-4-2-1-3-10(11)12(14)9-5-7-15-8-6-9;/h1-4,9,12H,5-8,14H2;1H/t12-;/m1./s1. The molecule has 0 spiro atoms. The predicted molar refractivity (Wildman–Crippen MR) is 71.9 cm³/mol.